The molecular weight excluding hydrogens is 226 g/mol. The zero-order valence-electron chi connectivity index (χ0n) is 8.78. The average Bonchev–Trinajstić information content (AvgIpc) is 2.83. The molecule has 2 aromatic rings. The van der Waals surface area contributed by atoms with Crippen molar-refractivity contribution in [1.29, 1.82) is 0 Å². The molecule has 5 heteroatoms. The molecule has 0 aliphatic carbocycles. The van der Waals surface area contributed by atoms with Crippen LogP contribution in [0.15, 0.2) is 11.6 Å². The molecule has 2 heterocycles. The van der Waals surface area contributed by atoms with Crippen molar-refractivity contribution in [2.45, 2.75) is 20.4 Å². The summed E-state index contributed by atoms with van der Waals surface area (Å²) >= 11 is 3.38. The minimum atomic E-state index is 0.900. The summed E-state index contributed by atoms with van der Waals surface area (Å²) in [5.74, 6) is 0. The highest BCUT2D eigenvalue weighted by Crippen LogP contribution is 2.26. The minimum Gasteiger partial charge on any atom is -0.312 e. The van der Waals surface area contributed by atoms with Crippen LogP contribution in [0.4, 0.5) is 0 Å². The van der Waals surface area contributed by atoms with Crippen molar-refractivity contribution in [3.8, 4) is 10.7 Å². The Labute approximate surface area is 97.2 Å². The van der Waals surface area contributed by atoms with Gasteiger partial charge in [-0.3, -0.25) is 0 Å². The van der Waals surface area contributed by atoms with Crippen molar-refractivity contribution in [2.24, 2.45) is 0 Å². The molecule has 0 unspecified atom stereocenters. The zero-order valence-corrected chi connectivity index (χ0v) is 10.4. The quantitative estimate of drug-likeness (QED) is 0.891. The second-order valence-corrected chi connectivity index (χ2v) is 5.34. The summed E-state index contributed by atoms with van der Waals surface area (Å²) in [6.07, 6.45) is 1.93. The van der Waals surface area contributed by atoms with Crippen LogP contribution in [-0.2, 0) is 6.54 Å². The number of rotatable bonds is 4. The Hall–Kier alpha value is -0.780. The monoisotopic (exact) mass is 239 g/mol. The first-order valence-corrected chi connectivity index (χ1v) is 6.57. The molecule has 2 rings (SSSR count). The van der Waals surface area contributed by atoms with E-state index in [1.807, 2.05) is 13.1 Å². The molecule has 0 aliphatic rings. The fraction of sp³-hybridized carbons (Fsp3) is 0.400. The summed E-state index contributed by atoms with van der Waals surface area (Å²) in [7, 11) is 0. The molecule has 0 radical (unpaired) electrons. The van der Waals surface area contributed by atoms with Gasteiger partial charge in [0.25, 0.3) is 0 Å². The molecule has 0 saturated carbocycles. The molecular formula is C10H13N3S2. The van der Waals surface area contributed by atoms with Crippen LogP contribution in [0.5, 0.6) is 0 Å². The standard InChI is InChI=1S/C10H13N3S2/c1-3-11-4-8-5-12-10(15-8)9-6-14-7(2)13-9/h5-6,11H,3-4H2,1-2H3. The fourth-order valence-electron chi connectivity index (χ4n) is 1.22. The smallest absolute Gasteiger partial charge is 0.142 e. The summed E-state index contributed by atoms with van der Waals surface area (Å²) in [5, 5.41) is 7.46. The average molecular weight is 239 g/mol. The maximum absolute atomic E-state index is 4.42. The lowest BCUT2D eigenvalue weighted by Crippen LogP contribution is -2.10. The molecule has 0 aliphatic heterocycles. The van der Waals surface area contributed by atoms with Gasteiger partial charge in [-0.05, 0) is 13.5 Å². The van der Waals surface area contributed by atoms with E-state index >= 15 is 0 Å². The van der Waals surface area contributed by atoms with E-state index in [9.17, 15) is 0 Å². The zero-order chi connectivity index (χ0) is 10.7. The maximum Gasteiger partial charge on any atom is 0.142 e. The lowest BCUT2D eigenvalue weighted by molar-refractivity contribution is 0.734. The van der Waals surface area contributed by atoms with Gasteiger partial charge >= 0.3 is 0 Å². The van der Waals surface area contributed by atoms with Crippen LogP contribution in [0.2, 0.25) is 0 Å². The van der Waals surface area contributed by atoms with Gasteiger partial charge in [-0.2, -0.15) is 0 Å². The Morgan fingerprint density at radius 2 is 2.33 bits per heavy atom. The highest BCUT2D eigenvalue weighted by atomic mass is 32.1. The first kappa shape index (κ1) is 10.7. The van der Waals surface area contributed by atoms with Crippen LogP contribution < -0.4 is 5.32 Å². The summed E-state index contributed by atoms with van der Waals surface area (Å²) in [6.45, 7) is 6.01. The SMILES string of the molecule is CCNCc1cnc(-c2csc(C)n2)s1. The molecule has 0 amide bonds. The number of hydrogen-bond acceptors (Lipinski definition) is 5. The molecule has 0 fully saturated rings. The number of aryl methyl sites for hydroxylation is 1. The second-order valence-electron chi connectivity index (χ2n) is 3.16. The van der Waals surface area contributed by atoms with Crippen molar-refractivity contribution < 1.29 is 0 Å². The Kier molecular flexibility index (Phi) is 3.45. The minimum absolute atomic E-state index is 0.900. The van der Waals surface area contributed by atoms with Gasteiger partial charge in [0.15, 0.2) is 0 Å². The van der Waals surface area contributed by atoms with E-state index < -0.39 is 0 Å². The number of nitrogens with one attached hydrogen (secondary N) is 1. The third kappa shape index (κ3) is 2.62. The Bertz CT molecular complexity index is 433. The van der Waals surface area contributed by atoms with Gasteiger partial charge in [0.2, 0.25) is 0 Å². The number of thiazole rings is 2. The van der Waals surface area contributed by atoms with E-state index in [0.29, 0.717) is 0 Å². The van der Waals surface area contributed by atoms with Crippen LogP contribution >= 0.6 is 22.7 Å². The third-order valence-corrected chi connectivity index (χ3v) is 3.73. The van der Waals surface area contributed by atoms with Crippen LogP contribution in [-0.4, -0.2) is 16.5 Å². The van der Waals surface area contributed by atoms with Gasteiger partial charge in [0.1, 0.15) is 10.7 Å². The Morgan fingerprint density at radius 1 is 1.47 bits per heavy atom. The van der Waals surface area contributed by atoms with Gasteiger partial charge in [-0.1, -0.05) is 6.92 Å². The molecule has 2 aromatic heterocycles. The normalized spacial score (nSPS) is 10.8. The van der Waals surface area contributed by atoms with Crippen molar-refractivity contribution in [3.05, 3.63) is 21.5 Å². The largest absolute Gasteiger partial charge is 0.312 e. The maximum atomic E-state index is 4.42. The van der Waals surface area contributed by atoms with E-state index in [0.717, 1.165) is 28.8 Å². The van der Waals surface area contributed by atoms with Crippen molar-refractivity contribution in [2.75, 3.05) is 6.54 Å². The second kappa shape index (κ2) is 4.83. The molecule has 0 atom stereocenters. The van der Waals surface area contributed by atoms with Crippen molar-refractivity contribution in [1.82, 2.24) is 15.3 Å². The summed E-state index contributed by atoms with van der Waals surface area (Å²) < 4.78 is 0. The summed E-state index contributed by atoms with van der Waals surface area (Å²) in [5.41, 5.74) is 1.00. The molecule has 80 valence electrons. The van der Waals surface area contributed by atoms with Gasteiger partial charge < -0.3 is 5.32 Å². The summed E-state index contributed by atoms with van der Waals surface area (Å²) in [6, 6.07) is 0. The van der Waals surface area contributed by atoms with Gasteiger partial charge in [-0.25, -0.2) is 9.97 Å². The van der Waals surface area contributed by atoms with Crippen LogP contribution in [0, 0.1) is 6.92 Å². The van der Waals surface area contributed by atoms with E-state index in [1.54, 1.807) is 22.7 Å². The van der Waals surface area contributed by atoms with Crippen LogP contribution in [0.25, 0.3) is 10.7 Å². The topological polar surface area (TPSA) is 37.8 Å². The number of aromatic nitrogens is 2. The lowest BCUT2D eigenvalue weighted by Gasteiger charge is -1.94. The lowest BCUT2D eigenvalue weighted by atomic mass is 10.5. The number of nitrogens with zero attached hydrogens (tertiary/aromatic N) is 2. The van der Waals surface area contributed by atoms with Gasteiger partial charge in [0, 0.05) is 23.0 Å². The first-order chi connectivity index (χ1) is 7.29. The van der Waals surface area contributed by atoms with E-state index in [1.165, 1.54) is 4.88 Å². The van der Waals surface area contributed by atoms with E-state index in [-0.39, 0.29) is 0 Å². The Morgan fingerprint density at radius 3 is 3.00 bits per heavy atom. The van der Waals surface area contributed by atoms with Crippen LogP contribution in [0.3, 0.4) is 0 Å². The van der Waals surface area contributed by atoms with Gasteiger partial charge in [-0.15, -0.1) is 22.7 Å². The predicted octanol–water partition coefficient (Wildman–Crippen LogP) is 2.68. The highest BCUT2D eigenvalue weighted by molar-refractivity contribution is 7.15. The summed E-state index contributed by atoms with van der Waals surface area (Å²) in [4.78, 5) is 10.1. The van der Waals surface area contributed by atoms with Crippen molar-refractivity contribution >= 4 is 22.7 Å². The molecule has 0 aromatic carbocycles. The highest BCUT2D eigenvalue weighted by Gasteiger charge is 2.07. The molecule has 3 nitrogen and oxygen atoms in total. The Balaban J connectivity index is 2.13. The fourth-order valence-corrected chi connectivity index (χ4v) is 2.73. The first-order valence-electron chi connectivity index (χ1n) is 4.87. The molecule has 15 heavy (non-hydrogen) atoms. The molecule has 0 spiro atoms. The predicted molar refractivity (Wildman–Crippen MR) is 65.3 cm³/mol. The third-order valence-electron chi connectivity index (χ3n) is 1.94. The number of hydrogen-bond donors (Lipinski definition) is 1. The van der Waals surface area contributed by atoms with Crippen molar-refractivity contribution in [3.63, 3.8) is 0 Å². The molecule has 0 saturated heterocycles. The molecule has 0 bridgehead atoms. The van der Waals surface area contributed by atoms with E-state index in [4.69, 9.17) is 0 Å². The van der Waals surface area contributed by atoms with Crippen LogP contribution in [0.1, 0.15) is 16.8 Å². The van der Waals surface area contributed by atoms with Gasteiger partial charge in [0.05, 0.1) is 5.01 Å². The molecule has 1 N–H and O–H groups in total. The van der Waals surface area contributed by atoms with E-state index in [2.05, 4.69) is 27.6 Å².